The number of nitrogens with one attached hydrogen (secondary N) is 1. The summed E-state index contributed by atoms with van der Waals surface area (Å²) < 4.78 is 5.77. The molecule has 1 aliphatic heterocycles. The first-order chi connectivity index (χ1) is 9.70. The van der Waals surface area contributed by atoms with Crippen molar-refractivity contribution in [2.45, 2.75) is 30.9 Å². The number of hydrogen-bond acceptors (Lipinski definition) is 3. The van der Waals surface area contributed by atoms with Crippen LogP contribution in [0.1, 0.15) is 24.3 Å². The Kier molecular flexibility index (Phi) is 4.61. The summed E-state index contributed by atoms with van der Waals surface area (Å²) in [6.07, 6.45) is 2.80. The SMILES string of the molecule is CN1CCOC(CNC2CC(c3ccc(Cl)cc3)C2)C1. The van der Waals surface area contributed by atoms with Crippen molar-refractivity contribution in [2.75, 3.05) is 33.3 Å². The van der Waals surface area contributed by atoms with E-state index in [1.165, 1.54) is 18.4 Å². The number of likely N-dealkylation sites (N-methyl/N-ethyl adjacent to an activating group) is 1. The van der Waals surface area contributed by atoms with E-state index in [0.29, 0.717) is 18.1 Å². The van der Waals surface area contributed by atoms with E-state index in [9.17, 15) is 0 Å². The highest BCUT2D eigenvalue weighted by Crippen LogP contribution is 2.37. The molecule has 2 aliphatic rings. The summed E-state index contributed by atoms with van der Waals surface area (Å²) in [6.45, 7) is 3.93. The van der Waals surface area contributed by atoms with E-state index in [4.69, 9.17) is 16.3 Å². The van der Waals surface area contributed by atoms with Crippen LogP contribution < -0.4 is 5.32 Å². The summed E-state index contributed by atoms with van der Waals surface area (Å²) in [5.41, 5.74) is 1.42. The molecular formula is C16H23ClN2O. The predicted molar refractivity (Wildman–Crippen MR) is 82.5 cm³/mol. The molecule has 1 saturated heterocycles. The molecule has 1 unspecified atom stereocenters. The van der Waals surface area contributed by atoms with Crippen molar-refractivity contribution < 1.29 is 4.74 Å². The second kappa shape index (κ2) is 6.44. The highest BCUT2D eigenvalue weighted by molar-refractivity contribution is 6.30. The molecule has 1 aliphatic carbocycles. The molecule has 1 saturated carbocycles. The van der Waals surface area contributed by atoms with Gasteiger partial charge in [-0.2, -0.15) is 0 Å². The lowest BCUT2D eigenvalue weighted by molar-refractivity contribution is -0.0207. The van der Waals surface area contributed by atoms with Gasteiger partial charge in [0, 0.05) is 30.7 Å². The van der Waals surface area contributed by atoms with E-state index in [2.05, 4.69) is 29.4 Å². The molecule has 20 heavy (non-hydrogen) atoms. The van der Waals surface area contributed by atoms with Crippen LogP contribution in [0.3, 0.4) is 0 Å². The maximum atomic E-state index is 5.92. The Balaban J connectivity index is 1.39. The molecule has 1 aromatic carbocycles. The van der Waals surface area contributed by atoms with E-state index < -0.39 is 0 Å². The normalized spacial score (nSPS) is 31.0. The Morgan fingerprint density at radius 1 is 1.30 bits per heavy atom. The van der Waals surface area contributed by atoms with Gasteiger partial charge in [0.15, 0.2) is 0 Å². The Hall–Kier alpha value is -0.610. The minimum atomic E-state index is 0.350. The van der Waals surface area contributed by atoms with E-state index in [1.54, 1.807) is 0 Å². The van der Waals surface area contributed by atoms with Crippen LogP contribution in [0.15, 0.2) is 24.3 Å². The lowest BCUT2D eigenvalue weighted by atomic mass is 9.76. The van der Waals surface area contributed by atoms with Crippen molar-refractivity contribution in [1.82, 2.24) is 10.2 Å². The van der Waals surface area contributed by atoms with Crippen molar-refractivity contribution in [3.63, 3.8) is 0 Å². The largest absolute Gasteiger partial charge is 0.374 e. The molecule has 1 atom stereocenters. The zero-order valence-electron chi connectivity index (χ0n) is 12.0. The molecule has 110 valence electrons. The number of halogens is 1. The maximum absolute atomic E-state index is 5.92. The zero-order valence-corrected chi connectivity index (χ0v) is 12.8. The maximum Gasteiger partial charge on any atom is 0.0826 e. The third-order valence-electron chi connectivity index (χ3n) is 4.46. The van der Waals surface area contributed by atoms with Crippen molar-refractivity contribution in [1.29, 1.82) is 0 Å². The fourth-order valence-corrected chi connectivity index (χ4v) is 3.21. The summed E-state index contributed by atoms with van der Waals surface area (Å²) in [5.74, 6) is 0.694. The summed E-state index contributed by atoms with van der Waals surface area (Å²) in [6, 6.07) is 8.93. The highest BCUT2D eigenvalue weighted by Gasteiger charge is 2.30. The smallest absolute Gasteiger partial charge is 0.0826 e. The van der Waals surface area contributed by atoms with E-state index in [1.807, 2.05) is 12.1 Å². The van der Waals surface area contributed by atoms with Crippen LogP contribution in [-0.2, 0) is 4.74 Å². The number of ether oxygens (including phenoxy) is 1. The second-order valence-corrected chi connectivity index (χ2v) is 6.52. The van der Waals surface area contributed by atoms with Gasteiger partial charge in [-0.25, -0.2) is 0 Å². The first-order valence-electron chi connectivity index (χ1n) is 7.49. The molecule has 1 aromatic rings. The predicted octanol–water partition coefficient (Wildman–Crippen LogP) is 2.51. The van der Waals surface area contributed by atoms with Gasteiger partial charge in [-0.3, -0.25) is 0 Å². The van der Waals surface area contributed by atoms with Gasteiger partial charge in [-0.05, 0) is 43.5 Å². The first-order valence-corrected chi connectivity index (χ1v) is 7.87. The minimum Gasteiger partial charge on any atom is -0.374 e. The Labute approximate surface area is 126 Å². The van der Waals surface area contributed by atoms with Crippen LogP contribution in [0.2, 0.25) is 5.02 Å². The van der Waals surface area contributed by atoms with Gasteiger partial charge in [0.1, 0.15) is 0 Å². The average Bonchev–Trinajstić information content (AvgIpc) is 2.39. The quantitative estimate of drug-likeness (QED) is 0.923. The average molecular weight is 295 g/mol. The van der Waals surface area contributed by atoms with Crippen LogP contribution in [0, 0.1) is 0 Å². The standard InChI is InChI=1S/C16H23ClN2O/c1-19-6-7-20-16(11-19)10-18-15-8-13(9-15)12-2-4-14(17)5-3-12/h2-5,13,15-16,18H,6-11H2,1H3. The van der Waals surface area contributed by atoms with E-state index in [-0.39, 0.29) is 0 Å². The topological polar surface area (TPSA) is 24.5 Å². The van der Waals surface area contributed by atoms with E-state index >= 15 is 0 Å². The second-order valence-electron chi connectivity index (χ2n) is 6.08. The number of nitrogens with zero attached hydrogens (tertiary/aromatic N) is 1. The van der Waals surface area contributed by atoms with Crippen molar-refractivity contribution >= 4 is 11.6 Å². The van der Waals surface area contributed by atoms with Gasteiger partial charge in [-0.15, -0.1) is 0 Å². The number of rotatable bonds is 4. The van der Waals surface area contributed by atoms with Gasteiger partial charge in [0.2, 0.25) is 0 Å². The Morgan fingerprint density at radius 2 is 2.05 bits per heavy atom. The van der Waals surface area contributed by atoms with Crippen molar-refractivity contribution in [3.8, 4) is 0 Å². The lowest BCUT2D eigenvalue weighted by Gasteiger charge is -2.38. The first kappa shape index (κ1) is 14.3. The third-order valence-corrected chi connectivity index (χ3v) is 4.71. The lowest BCUT2D eigenvalue weighted by Crippen LogP contribution is -2.49. The van der Waals surface area contributed by atoms with Crippen LogP contribution in [0.5, 0.6) is 0 Å². The number of hydrogen-bond donors (Lipinski definition) is 1. The zero-order chi connectivity index (χ0) is 13.9. The molecule has 0 radical (unpaired) electrons. The fourth-order valence-electron chi connectivity index (χ4n) is 3.08. The van der Waals surface area contributed by atoms with Crippen LogP contribution in [0.4, 0.5) is 0 Å². The third kappa shape index (κ3) is 3.53. The van der Waals surface area contributed by atoms with E-state index in [0.717, 1.165) is 31.3 Å². The molecule has 3 nitrogen and oxygen atoms in total. The molecule has 4 heteroatoms. The summed E-state index contributed by atoms with van der Waals surface area (Å²) in [5, 5.41) is 4.46. The summed E-state index contributed by atoms with van der Waals surface area (Å²) in [4.78, 5) is 2.34. The molecule has 0 amide bonds. The Bertz CT molecular complexity index is 431. The molecular weight excluding hydrogens is 272 g/mol. The number of benzene rings is 1. The van der Waals surface area contributed by atoms with Crippen molar-refractivity contribution in [3.05, 3.63) is 34.9 Å². The van der Waals surface area contributed by atoms with Crippen LogP contribution in [-0.4, -0.2) is 50.3 Å². The molecule has 1 heterocycles. The number of morpholine rings is 1. The van der Waals surface area contributed by atoms with Gasteiger partial charge < -0.3 is 15.0 Å². The van der Waals surface area contributed by atoms with Gasteiger partial charge in [0.25, 0.3) is 0 Å². The van der Waals surface area contributed by atoms with Crippen molar-refractivity contribution in [2.24, 2.45) is 0 Å². The molecule has 0 spiro atoms. The minimum absolute atomic E-state index is 0.350. The summed E-state index contributed by atoms with van der Waals surface area (Å²) in [7, 11) is 2.16. The van der Waals surface area contributed by atoms with Gasteiger partial charge in [-0.1, -0.05) is 23.7 Å². The van der Waals surface area contributed by atoms with Crippen LogP contribution >= 0.6 is 11.6 Å². The fraction of sp³-hybridized carbons (Fsp3) is 0.625. The molecule has 0 aromatic heterocycles. The molecule has 3 rings (SSSR count). The van der Waals surface area contributed by atoms with Crippen LogP contribution in [0.25, 0.3) is 0 Å². The van der Waals surface area contributed by atoms with Gasteiger partial charge in [0.05, 0.1) is 12.7 Å². The molecule has 2 fully saturated rings. The monoisotopic (exact) mass is 294 g/mol. The highest BCUT2D eigenvalue weighted by atomic mass is 35.5. The molecule has 1 N–H and O–H groups in total. The summed E-state index contributed by atoms with van der Waals surface area (Å²) >= 11 is 5.92. The Morgan fingerprint density at radius 3 is 2.75 bits per heavy atom. The molecule has 0 bridgehead atoms. The van der Waals surface area contributed by atoms with Gasteiger partial charge >= 0.3 is 0 Å².